The van der Waals surface area contributed by atoms with Crippen LogP contribution in [0.15, 0.2) is 58.7 Å². The molecule has 0 radical (unpaired) electrons. The minimum absolute atomic E-state index is 0.614. The molecule has 0 aliphatic carbocycles. The first kappa shape index (κ1) is 11.3. The van der Waals surface area contributed by atoms with Gasteiger partial charge in [0, 0.05) is 6.20 Å². The first-order valence-corrected chi connectivity index (χ1v) is 7.00. The van der Waals surface area contributed by atoms with Crippen LogP contribution in [0.4, 0.5) is 0 Å². The maximum Gasteiger partial charge on any atom is 0.179 e. The Kier molecular flexibility index (Phi) is 2.57. The van der Waals surface area contributed by atoms with Crippen molar-refractivity contribution >= 4 is 21.6 Å². The van der Waals surface area contributed by atoms with Crippen LogP contribution in [-0.4, -0.2) is 15.0 Å². The molecule has 0 unspecified atom stereocenters. The van der Waals surface area contributed by atoms with Gasteiger partial charge in [-0.3, -0.25) is 4.98 Å². The average molecular weight is 279 g/mol. The number of furan rings is 1. The van der Waals surface area contributed by atoms with Crippen molar-refractivity contribution in [2.75, 3.05) is 0 Å². The fraction of sp³-hybridized carbons (Fsp3) is 0. The number of hydrogen-bond donors (Lipinski definition) is 0. The van der Waals surface area contributed by atoms with E-state index < -0.39 is 0 Å². The molecule has 4 aromatic rings. The molecule has 0 spiro atoms. The van der Waals surface area contributed by atoms with Gasteiger partial charge in [0.2, 0.25) is 0 Å². The average Bonchev–Trinajstić information content (AvgIpc) is 3.18. The van der Waals surface area contributed by atoms with Crippen molar-refractivity contribution in [3.63, 3.8) is 0 Å². The van der Waals surface area contributed by atoms with Crippen molar-refractivity contribution in [2.24, 2.45) is 0 Å². The number of pyridine rings is 1. The number of nitrogens with zero attached hydrogens (tertiary/aromatic N) is 3. The van der Waals surface area contributed by atoms with Crippen molar-refractivity contribution in [3.8, 4) is 23.0 Å². The lowest BCUT2D eigenvalue weighted by Crippen LogP contribution is -1.93. The summed E-state index contributed by atoms with van der Waals surface area (Å²) in [5.41, 5.74) is 2.49. The van der Waals surface area contributed by atoms with E-state index >= 15 is 0 Å². The van der Waals surface area contributed by atoms with Crippen LogP contribution in [0.2, 0.25) is 0 Å². The second kappa shape index (κ2) is 4.54. The second-order valence-electron chi connectivity index (χ2n) is 4.22. The Morgan fingerprint density at radius 3 is 2.80 bits per heavy atom. The van der Waals surface area contributed by atoms with Gasteiger partial charge in [0.05, 0.1) is 16.5 Å². The van der Waals surface area contributed by atoms with Crippen LogP contribution in [0.5, 0.6) is 0 Å². The second-order valence-corrected chi connectivity index (χ2v) is 5.14. The van der Waals surface area contributed by atoms with E-state index in [-0.39, 0.29) is 0 Å². The van der Waals surface area contributed by atoms with Crippen LogP contribution in [0, 0.1) is 0 Å². The number of rotatable bonds is 2. The highest BCUT2D eigenvalue weighted by atomic mass is 32.1. The molecule has 4 heterocycles. The number of thiophene rings is 1. The standard InChI is InChI=1S/C15H9N3OS/c1-2-7-16-11(4-1)15-17-10-6-9-20-14(10)13(18-15)12-5-3-8-19-12/h1-9H. The molecule has 4 rings (SSSR count). The van der Waals surface area contributed by atoms with Crippen LogP contribution >= 0.6 is 11.3 Å². The Morgan fingerprint density at radius 1 is 1.00 bits per heavy atom. The van der Waals surface area contributed by atoms with Crippen molar-refractivity contribution in [1.29, 1.82) is 0 Å². The van der Waals surface area contributed by atoms with Crippen molar-refractivity contribution < 1.29 is 4.42 Å². The van der Waals surface area contributed by atoms with Gasteiger partial charge in [-0.2, -0.15) is 0 Å². The monoisotopic (exact) mass is 279 g/mol. The number of hydrogen-bond acceptors (Lipinski definition) is 5. The van der Waals surface area contributed by atoms with E-state index in [0.29, 0.717) is 5.82 Å². The summed E-state index contributed by atoms with van der Waals surface area (Å²) in [5.74, 6) is 1.36. The predicted octanol–water partition coefficient (Wildman–Crippen LogP) is 4.01. The molecule has 0 atom stereocenters. The summed E-state index contributed by atoms with van der Waals surface area (Å²) in [6.45, 7) is 0. The van der Waals surface area contributed by atoms with Gasteiger partial charge in [-0.15, -0.1) is 11.3 Å². The van der Waals surface area contributed by atoms with Gasteiger partial charge in [0.15, 0.2) is 11.6 Å². The third-order valence-electron chi connectivity index (χ3n) is 2.95. The predicted molar refractivity (Wildman–Crippen MR) is 78.3 cm³/mol. The summed E-state index contributed by atoms with van der Waals surface area (Å²) in [4.78, 5) is 13.5. The van der Waals surface area contributed by atoms with Crippen molar-refractivity contribution in [2.45, 2.75) is 0 Å². The minimum Gasteiger partial charge on any atom is -0.463 e. The molecule has 4 aromatic heterocycles. The van der Waals surface area contributed by atoms with Gasteiger partial charge in [0.1, 0.15) is 11.4 Å². The molecule has 5 heteroatoms. The highest BCUT2D eigenvalue weighted by Gasteiger charge is 2.14. The van der Waals surface area contributed by atoms with Crippen molar-refractivity contribution in [1.82, 2.24) is 15.0 Å². The van der Waals surface area contributed by atoms with Crippen LogP contribution in [0.25, 0.3) is 33.2 Å². The Bertz CT molecular complexity index is 853. The van der Waals surface area contributed by atoms with E-state index in [1.54, 1.807) is 23.8 Å². The Morgan fingerprint density at radius 2 is 2.00 bits per heavy atom. The molecular weight excluding hydrogens is 270 g/mol. The van der Waals surface area contributed by atoms with Gasteiger partial charge in [-0.05, 0) is 35.7 Å². The van der Waals surface area contributed by atoms with Crippen LogP contribution in [-0.2, 0) is 0 Å². The van der Waals surface area contributed by atoms with Crippen LogP contribution in [0.1, 0.15) is 0 Å². The fourth-order valence-electron chi connectivity index (χ4n) is 2.05. The lowest BCUT2D eigenvalue weighted by molar-refractivity contribution is 0.581. The van der Waals surface area contributed by atoms with Gasteiger partial charge in [0.25, 0.3) is 0 Å². The van der Waals surface area contributed by atoms with E-state index in [1.807, 2.05) is 41.8 Å². The summed E-state index contributed by atoms with van der Waals surface area (Å²) >= 11 is 1.61. The molecule has 0 fully saturated rings. The molecule has 0 amide bonds. The zero-order chi connectivity index (χ0) is 13.4. The Labute approximate surface area is 118 Å². The Hall–Kier alpha value is -2.53. The van der Waals surface area contributed by atoms with Gasteiger partial charge < -0.3 is 4.42 Å². The summed E-state index contributed by atoms with van der Waals surface area (Å²) in [6.07, 6.45) is 3.39. The highest BCUT2D eigenvalue weighted by molar-refractivity contribution is 7.17. The molecule has 96 valence electrons. The number of fused-ring (bicyclic) bond motifs is 1. The molecule has 0 N–H and O–H groups in total. The molecule has 0 saturated heterocycles. The smallest absolute Gasteiger partial charge is 0.179 e. The number of aromatic nitrogens is 3. The maximum absolute atomic E-state index is 5.48. The molecule has 0 aliphatic rings. The quantitative estimate of drug-likeness (QED) is 0.556. The summed E-state index contributed by atoms with van der Waals surface area (Å²) < 4.78 is 6.51. The van der Waals surface area contributed by atoms with E-state index in [0.717, 1.165) is 27.4 Å². The van der Waals surface area contributed by atoms with Gasteiger partial charge >= 0.3 is 0 Å². The van der Waals surface area contributed by atoms with E-state index in [2.05, 4.69) is 15.0 Å². The zero-order valence-electron chi connectivity index (χ0n) is 10.4. The van der Waals surface area contributed by atoms with E-state index in [4.69, 9.17) is 4.42 Å². The third-order valence-corrected chi connectivity index (χ3v) is 3.86. The molecule has 20 heavy (non-hydrogen) atoms. The van der Waals surface area contributed by atoms with E-state index in [1.165, 1.54) is 0 Å². The lowest BCUT2D eigenvalue weighted by Gasteiger charge is -2.03. The first-order valence-electron chi connectivity index (χ1n) is 6.12. The first-order chi connectivity index (χ1) is 9.92. The molecule has 0 aromatic carbocycles. The SMILES string of the molecule is c1ccc(-c2nc(-c3ccco3)c3sccc3n2)nc1. The minimum atomic E-state index is 0.614. The highest BCUT2D eigenvalue weighted by Crippen LogP contribution is 2.32. The molecule has 0 aliphatic heterocycles. The normalized spacial score (nSPS) is 11.0. The van der Waals surface area contributed by atoms with E-state index in [9.17, 15) is 0 Å². The zero-order valence-corrected chi connectivity index (χ0v) is 11.2. The molecule has 4 nitrogen and oxygen atoms in total. The van der Waals surface area contributed by atoms with Crippen LogP contribution < -0.4 is 0 Å². The lowest BCUT2D eigenvalue weighted by atomic mass is 10.2. The van der Waals surface area contributed by atoms with Gasteiger partial charge in [-0.25, -0.2) is 9.97 Å². The maximum atomic E-state index is 5.48. The van der Waals surface area contributed by atoms with Crippen LogP contribution in [0.3, 0.4) is 0 Å². The summed E-state index contributed by atoms with van der Waals surface area (Å²) in [6, 6.07) is 11.5. The van der Waals surface area contributed by atoms with Crippen molar-refractivity contribution in [3.05, 3.63) is 54.2 Å². The third kappa shape index (κ3) is 1.80. The Balaban J connectivity index is 2.01. The summed E-state index contributed by atoms with van der Waals surface area (Å²) in [7, 11) is 0. The molecular formula is C15H9N3OS. The molecule has 0 saturated carbocycles. The largest absolute Gasteiger partial charge is 0.463 e. The topological polar surface area (TPSA) is 51.8 Å². The summed E-state index contributed by atoms with van der Waals surface area (Å²) in [5, 5.41) is 2.01. The van der Waals surface area contributed by atoms with Gasteiger partial charge in [-0.1, -0.05) is 6.07 Å². The molecule has 0 bridgehead atoms. The fourth-order valence-corrected chi connectivity index (χ4v) is 2.88.